The van der Waals surface area contributed by atoms with Crippen LogP contribution in [0, 0.1) is 0 Å². The first-order chi connectivity index (χ1) is 12.3. The summed E-state index contributed by atoms with van der Waals surface area (Å²) in [6.07, 6.45) is 20.0. The van der Waals surface area contributed by atoms with E-state index in [4.69, 9.17) is 9.47 Å². The van der Waals surface area contributed by atoms with Crippen LogP contribution < -0.4 is 0 Å². The van der Waals surface area contributed by atoms with E-state index in [0.29, 0.717) is 12.8 Å². The lowest BCUT2D eigenvalue weighted by Crippen LogP contribution is -2.19. The Kier molecular flexibility index (Phi) is 21.3. The van der Waals surface area contributed by atoms with Gasteiger partial charge in [-0.05, 0) is 12.8 Å². The van der Waals surface area contributed by atoms with E-state index in [1.165, 1.54) is 77.0 Å². The highest BCUT2D eigenvalue weighted by Crippen LogP contribution is 2.11. The molecule has 0 bridgehead atoms. The van der Waals surface area contributed by atoms with Crippen LogP contribution in [0.1, 0.15) is 117 Å². The summed E-state index contributed by atoms with van der Waals surface area (Å²) in [6.45, 7) is 6.02. The van der Waals surface area contributed by atoms with Crippen LogP contribution in [0.2, 0.25) is 0 Å². The van der Waals surface area contributed by atoms with E-state index < -0.39 is 0 Å². The second-order valence-corrected chi connectivity index (χ2v) is 7.16. The summed E-state index contributed by atoms with van der Waals surface area (Å²) in [5.41, 5.74) is 0. The molecule has 0 rings (SSSR count). The van der Waals surface area contributed by atoms with Gasteiger partial charge in [0.2, 0.25) is 0 Å². The molecule has 3 nitrogen and oxygen atoms in total. The lowest BCUT2D eigenvalue weighted by atomic mass is 10.1. The van der Waals surface area contributed by atoms with Gasteiger partial charge < -0.3 is 14.3 Å². The Morgan fingerprint density at radius 3 is 1.44 bits per heavy atom. The minimum atomic E-state index is -0.189. The second kappa shape index (κ2) is 21.6. The van der Waals surface area contributed by atoms with Crippen molar-refractivity contribution in [2.24, 2.45) is 0 Å². The van der Waals surface area contributed by atoms with E-state index in [9.17, 15) is 4.79 Å². The van der Waals surface area contributed by atoms with Gasteiger partial charge in [-0.15, -0.1) is 0 Å². The fraction of sp³-hybridized carbons (Fsp3) is 0.955. The monoisotopic (exact) mass is 356 g/mol. The number of unbranched alkanes of at least 4 members (excludes halogenated alkanes) is 12. The summed E-state index contributed by atoms with van der Waals surface area (Å²) in [5, 5.41) is 0. The number of rotatable bonds is 21. The first kappa shape index (κ1) is 24.6. The van der Waals surface area contributed by atoms with E-state index in [1.54, 1.807) is 0 Å². The van der Waals surface area contributed by atoms with Crippen LogP contribution in [0.3, 0.4) is 0 Å². The minimum absolute atomic E-state index is 0.189. The highest BCUT2D eigenvalue weighted by Gasteiger charge is 2.08. The van der Waals surface area contributed by atoms with Crippen LogP contribution in [0.15, 0.2) is 0 Å². The van der Waals surface area contributed by atoms with Crippen molar-refractivity contribution in [3.05, 3.63) is 0 Å². The Balaban J connectivity index is 3.56. The lowest BCUT2D eigenvalue weighted by Gasteiger charge is -2.18. The van der Waals surface area contributed by atoms with Crippen LogP contribution in [0.5, 0.6) is 0 Å². The summed E-state index contributed by atoms with van der Waals surface area (Å²) in [6, 6.07) is 0. The minimum Gasteiger partial charge on any atom is -0.353 e. The van der Waals surface area contributed by atoms with Gasteiger partial charge in [-0.1, -0.05) is 90.9 Å². The highest BCUT2D eigenvalue weighted by molar-refractivity contribution is 5.49. The maximum atomic E-state index is 10.6. The maximum Gasteiger partial charge on any atom is 0.157 e. The third kappa shape index (κ3) is 19.8. The molecule has 0 fully saturated rings. The fourth-order valence-corrected chi connectivity index (χ4v) is 2.97. The molecule has 0 unspecified atom stereocenters. The first-order valence-electron chi connectivity index (χ1n) is 11.0. The van der Waals surface area contributed by atoms with Crippen molar-refractivity contribution in [1.29, 1.82) is 0 Å². The third-order valence-electron chi connectivity index (χ3n) is 4.62. The van der Waals surface area contributed by atoms with Gasteiger partial charge >= 0.3 is 0 Å². The molecule has 3 heteroatoms. The van der Waals surface area contributed by atoms with Crippen molar-refractivity contribution in [2.75, 3.05) is 13.2 Å². The normalized spacial score (nSPS) is 11.3. The smallest absolute Gasteiger partial charge is 0.157 e. The summed E-state index contributed by atoms with van der Waals surface area (Å²) in [7, 11) is 0. The van der Waals surface area contributed by atoms with Gasteiger partial charge in [-0.3, -0.25) is 0 Å². The van der Waals surface area contributed by atoms with Crippen LogP contribution >= 0.6 is 0 Å². The fourth-order valence-electron chi connectivity index (χ4n) is 2.97. The molecule has 0 aliphatic heterocycles. The molecule has 0 amide bonds. The number of carbonyl (C=O) groups excluding carboxylic acids is 1. The zero-order valence-electron chi connectivity index (χ0n) is 17.1. The Hall–Kier alpha value is -0.410. The molecule has 0 saturated heterocycles. The van der Waals surface area contributed by atoms with Gasteiger partial charge in [-0.2, -0.15) is 0 Å². The molecule has 0 aromatic carbocycles. The summed E-state index contributed by atoms with van der Waals surface area (Å²) < 4.78 is 11.7. The number of hydrogen-bond donors (Lipinski definition) is 0. The molecule has 0 atom stereocenters. The Labute approximate surface area is 157 Å². The second-order valence-electron chi connectivity index (χ2n) is 7.16. The molecule has 0 saturated carbocycles. The molecule has 0 spiro atoms. The molecule has 0 aliphatic carbocycles. The van der Waals surface area contributed by atoms with Crippen molar-refractivity contribution >= 4 is 6.29 Å². The molecule has 0 aromatic rings. The quantitative estimate of drug-likeness (QED) is 0.128. The molecule has 0 N–H and O–H groups in total. The van der Waals surface area contributed by atoms with Crippen molar-refractivity contribution in [3.8, 4) is 0 Å². The SMILES string of the molecule is CCCCCCCCCOC(CCC=O)OCCCCCCCCC. The molecule has 0 radical (unpaired) electrons. The van der Waals surface area contributed by atoms with E-state index >= 15 is 0 Å². The van der Waals surface area contributed by atoms with Crippen molar-refractivity contribution in [3.63, 3.8) is 0 Å². The average molecular weight is 357 g/mol. The van der Waals surface area contributed by atoms with Crippen molar-refractivity contribution in [1.82, 2.24) is 0 Å². The number of carbonyl (C=O) groups is 1. The maximum absolute atomic E-state index is 10.6. The van der Waals surface area contributed by atoms with E-state index in [1.807, 2.05) is 0 Å². The van der Waals surface area contributed by atoms with Crippen molar-refractivity contribution in [2.45, 2.75) is 123 Å². The number of ether oxygens (including phenoxy) is 2. The zero-order valence-corrected chi connectivity index (χ0v) is 17.1. The molecule has 0 aromatic heterocycles. The molecular formula is C22H44O3. The Bertz CT molecular complexity index is 236. The molecule has 25 heavy (non-hydrogen) atoms. The topological polar surface area (TPSA) is 35.5 Å². The largest absolute Gasteiger partial charge is 0.353 e. The van der Waals surface area contributed by atoms with Crippen molar-refractivity contribution < 1.29 is 14.3 Å². The number of aldehydes is 1. The van der Waals surface area contributed by atoms with Crippen LogP contribution in [-0.2, 0) is 14.3 Å². The lowest BCUT2D eigenvalue weighted by molar-refractivity contribution is -0.149. The van der Waals surface area contributed by atoms with Crippen LogP contribution in [0.4, 0.5) is 0 Å². The Morgan fingerprint density at radius 2 is 1.04 bits per heavy atom. The van der Waals surface area contributed by atoms with E-state index in [2.05, 4.69) is 13.8 Å². The summed E-state index contributed by atoms with van der Waals surface area (Å²) in [5.74, 6) is 0. The predicted octanol–water partition coefficient (Wildman–Crippen LogP) is 6.83. The summed E-state index contributed by atoms with van der Waals surface area (Å²) >= 11 is 0. The number of hydrogen-bond acceptors (Lipinski definition) is 3. The Morgan fingerprint density at radius 1 is 0.640 bits per heavy atom. The van der Waals surface area contributed by atoms with E-state index in [-0.39, 0.29) is 6.29 Å². The van der Waals surface area contributed by atoms with Crippen LogP contribution in [0.25, 0.3) is 0 Å². The van der Waals surface area contributed by atoms with Gasteiger partial charge in [0.15, 0.2) is 6.29 Å². The predicted molar refractivity (Wildman–Crippen MR) is 107 cm³/mol. The molecule has 0 heterocycles. The van der Waals surface area contributed by atoms with Gasteiger partial charge in [0.25, 0.3) is 0 Å². The molecule has 150 valence electrons. The van der Waals surface area contributed by atoms with Gasteiger partial charge in [0.05, 0.1) is 0 Å². The van der Waals surface area contributed by atoms with Gasteiger partial charge in [-0.25, -0.2) is 0 Å². The van der Waals surface area contributed by atoms with Crippen LogP contribution in [-0.4, -0.2) is 25.8 Å². The average Bonchev–Trinajstić information content (AvgIpc) is 2.63. The van der Waals surface area contributed by atoms with Gasteiger partial charge in [0.1, 0.15) is 6.29 Å². The standard InChI is InChI=1S/C22H44O3/c1-3-5-7-9-11-13-15-20-24-22(18-17-19-23)25-21-16-14-12-10-8-6-4-2/h19,22H,3-18,20-21H2,1-2H3. The summed E-state index contributed by atoms with van der Waals surface area (Å²) in [4.78, 5) is 10.6. The van der Waals surface area contributed by atoms with Gasteiger partial charge in [0, 0.05) is 26.1 Å². The third-order valence-corrected chi connectivity index (χ3v) is 4.62. The zero-order chi connectivity index (χ0) is 18.4. The van der Waals surface area contributed by atoms with E-state index in [0.717, 1.165) is 32.3 Å². The molecular weight excluding hydrogens is 312 g/mol. The molecule has 0 aliphatic rings. The first-order valence-corrected chi connectivity index (χ1v) is 11.0. The highest BCUT2D eigenvalue weighted by atomic mass is 16.7.